The Morgan fingerprint density at radius 2 is 1.35 bits per heavy atom. The summed E-state index contributed by atoms with van der Waals surface area (Å²) in [6, 6.07) is 31.7. The number of para-hydroxylation sites is 2. The number of anilines is 2. The molecule has 0 unspecified atom stereocenters. The SMILES string of the molecule is COc1ccc(/C=C2/C(=O)N(c3ccccc3)C3=C2[C@H](c2ccc(Br)cc2)N(c2ccccc2)C3=O)cc1OC. The smallest absolute Gasteiger partial charge is 0.276 e. The van der Waals surface area contributed by atoms with Crippen molar-refractivity contribution in [3.8, 4) is 11.5 Å². The summed E-state index contributed by atoms with van der Waals surface area (Å²) < 4.78 is 11.8. The van der Waals surface area contributed by atoms with Gasteiger partial charge in [-0.2, -0.15) is 0 Å². The van der Waals surface area contributed by atoms with Gasteiger partial charge in [-0.15, -0.1) is 0 Å². The molecule has 0 saturated heterocycles. The number of nitrogens with zero attached hydrogens (tertiary/aromatic N) is 2. The zero-order valence-corrected chi connectivity index (χ0v) is 23.5. The van der Waals surface area contributed by atoms with Gasteiger partial charge in [0.15, 0.2) is 11.5 Å². The Morgan fingerprint density at radius 3 is 1.98 bits per heavy atom. The van der Waals surface area contributed by atoms with Gasteiger partial charge in [0.1, 0.15) is 5.70 Å². The van der Waals surface area contributed by atoms with Gasteiger partial charge >= 0.3 is 0 Å². The largest absolute Gasteiger partial charge is 0.493 e. The van der Waals surface area contributed by atoms with Crippen LogP contribution < -0.4 is 19.3 Å². The lowest BCUT2D eigenvalue weighted by Gasteiger charge is -2.30. The van der Waals surface area contributed by atoms with E-state index in [0.717, 1.165) is 21.3 Å². The van der Waals surface area contributed by atoms with Gasteiger partial charge in [0, 0.05) is 27.0 Å². The normalized spacial score (nSPS) is 17.6. The second-order valence-electron chi connectivity index (χ2n) is 9.38. The first-order valence-electron chi connectivity index (χ1n) is 12.7. The van der Waals surface area contributed by atoms with Gasteiger partial charge in [-0.1, -0.05) is 70.5 Å². The number of benzene rings is 4. The van der Waals surface area contributed by atoms with Gasteiger partial charge in [0.2, 0.25) is 0 Å². The first kappa shape index (κ1) is 25.6. The number of amides is 2. The highest BCUT2D eigenvalue weighted by atomic mass is 79.9. The molecule has 4 aromatic rings. The molecule has 6 nitrogen and oxygen atoms in total. The van der Waals surface area contributed by atoms with E-state index in [9.17, 15) is 9.59 Å². The molecule has 0 fully saturated rings. The van der Waals surface area contributed by atoms with Crippen molar-refractivity contribution >= 4 is 45.2 Å². The van der Waals surface area contributed by atoms with Crippen LogP contribution in [0.1, 0.15) is 17.2 Å². The summed E-state index contributed by atoms with van der Waals surface area (Å²) >= 11 is 3.53. The van der Waals surface area contributed by atoms with E-state index in [4.69, 9.17) is 9.47 Å². The van der Waals surface area contributed by atoms with Gasteiger partial charge in [-0.3, -0.25) is 19.4 Å². The number of halogens is 1. The molecule has 4 aromatic carbocycles. The molecule has 0 saturated carbocycles. The summed E-state index contributed by atoms with van der Waals surface area (Å²) in [5, 5.41) is 0. The molecule has 6 rings (SSSR count). The third kappa shape index (κ3) is 4.28. The number of rotatable bonds is 6. The summed E-state index contributed by atoms with van der Waals surface area (Å²) in [5.41, 5.74) is 4.51. The molecule has 198 valence electrons. The topological polar surface area (TPSA) is 59.1 Å². The fraction of sp³-hybridized carbons (Fsp3) is 0.0909. The molecule has 2 aliphatic rings. The minimum absolute atomic E-state index is 0.234. The molecule has 2 heterocycles. The van der Waals surface area contributed by atoms with Crippen molar-refractivity contribution in [2.45, 2.75) is 6.04 Å². The third-order valence-corrected chi connectivity index (χ3v) is 7.64. The van der Waals surface area contributed by atoms with Crippen molar-refractivity contribution in [2.75, 3.05) is 24.0 Å². The van der Waals surface area contributed by atoms with E-state index in [1.165, 1.54) is 0 Å². The molecular formula is C33H25BrN2O4. The van der Waals surface area contributed by atoms with Crippen molar-refractivity contribution in [3.63, 3.8) is 0 Å². The summed E-state index contributed by atoms with van der Waals surface area (Å²) in [7, 11) is 3.15. The van der Waals surface area contributed by atoms with E-state index >= 15 is 0 Å². The molecule has 0 spiro atoms. The van der Waals surface area contributed by atoms with Crippen molar-refractivity contribution in [2.24, 2.45) is 0 Å². The maximum atomic E-state index is 14.4. The lowest BCUT2D eigenvalue weighted by Crippen LogP contribution is -2.38. The molecule has 0 bridgehead atoms. The van der Waals surface area contributed by atoms with Gasteiger partial charge in [-0.25, -0.2) is 0 Å². The van der Waals surface area contributed by atoms with E-state index in [-0.39, 0.29) is 11.8 Å². The van der Waals surface area contributed by atoms with Gasteiger partial charge < -0.3 is 9.47 Å². The number of hydrogen-bond donors (Lipinski definition) is 0. The van der Waals surface area contributed by atoms with E-state index in [1.54, 1.807) is 30.1 Å². The molecule has 0 N–H and O–H groups in total. The molecule has 0 aliphatic carbocycles. The van der Waals surface area contributed by atoms with Crippen LogP contribution in [0.5, 0.6) is 11.5 Å². The number of ether oxygens (including phenoxy) is 2. The molecule has 40 heavy (non-hydrogen) atoms. The minimum Gasteiger partial charge on any atom is -0.493 e. The van der Waals surface area contributed by atoms with Gasteiger partial charge in [0.25, 0.3) is 11.8 Å². The quantitative estimate of drug-likeness (QED) is 0.228. The maximum absolute atomic E-state index is 14.4. The fourth-order valence-electron chi connectivity index (χ4n) is 5.32. The monoisotopic (exact) mass is 592 g/mol. The lowest BCUT2D eigenvalue weighted by molar-refractivity contribution is -0.118. The number of hydrogen-bond acceptors (Lipinski definition) is 4. The zero-order valence-electron chi connectivity index (χ0n) is 21.9. The first-order chi connectivity index (χ1) is 19.5. The Bertz CT molecular complexity index is 1660. The predicted octanol–water partition coefficient (Wildman–Crippen LogP) is 6.94. The maximum Gasteiger partial charge on any atom is 0.276 e. The second-order valence-corrected chi connectivity index (χ2v) is 10.3. The molecule has 2 amide bonds. The molecule has 7 heteroatoms. The number of carbonyl (C=O) groups is 2. The van der Waals surface area contributed by atoms with Gasteiger partial charge in [0.05, 0.1) is 20.3 Å². The second kappa shape index (κ2) is 10.5. The van der Waals surface area contributed by atoms with Gasteiger partial charge in [-0.05, 0) is 65.7 Å². The van der Waals surface area contributed by atoms with Crippen LogP contribution in [0.4, 0.5) is 11.4 Å². The molecule has 1 atom stereocenters. The highest BCUT2D eigenvalue weighted by molar-refractivity contribution is 9.10. The molecule has 0 radical (unpaired) electrons. The highest BCUT2D eigenvalue weighted by Gasteiger charge is 2.52. The van der Waals surface area contributed by atoms with Crippen LogP contribution in [-0.4, -0.2) is 26.0 Å². The standard InChI is InChI=1S/C33H25BrN2O4/c1-39-27-18-13-21(20-28(27)40-2)19-26-29-30(22-14-16-23(34)17-15-22)35(24-9-5-3-6-10-24)33(38)31(29)36(32(26)37)25-11-7-4-8-12-25/h3-20,30H,1-2H3/b26-19+/t30-/m0/s1. The lowest BCUT2D eigenvalue weighted by atomic mass is 9.93. The number of methoxy groups -OCH3 is 2. The van der Waals surface area contributed by atoms with E-state index in [0.29, 0.717) is 34.0 Å². The minimum atomic E-state index is -0.512. The van der Waals surface area contributed by atoms with E-state index in [1.807, 2.05) is 103 Å². The summed E-state index contributed by atoms with van der Waals surface area (Å²) in [6.45, 7) is 0. The Balaban J connectivity index is 1.60. The van der Waals surface area contributed by atoms with Crippen LogP contribution >= 0.6 is 15.9 Å². The van der Waals surface area contributed by atoms with Crippen molar-refractivity contribution in [3.05, 3.63) is 136 Å². The third-order valence-electron chi connectivity index (χ3n) is 7.11. The average Bonchev–Trinajstić information content (AvgIpc) is 3.44. The Morgan fingerprint density at radius 1 is 0.725 bits per heavy atom. The van der Waals surface area contributed by atoms with Crippen LogP contribution in [-0.2, 0) is 9.59 Å². The average molecular weight is 593 g/mol. The van der Waals surface area contributed by atoms with E-state index in [2.05, 4.69) is 15.9 Å². The van der Waals surface area contributed by atoms with Crippen molar-refractivity contribution in [1.29, 1.82) is 0 Å². The summed E-state index contributed by atoms with van der Waals surface area (Å²) in [6.07, 6.45) is 1.83. The summed E-state index contributed by atoms with van der Waals surface area (Å²) in [4.78, 5) is 31.9. The van der Waals surface area contributed by atoms with Crippen LogP contribution in [0.25, 0.3) is 6.08 Å². The highest BCUT2D eigenvalue weighted by Crippen LogP contribution is 2.50. The van der Waals surface area contributed by atoms with Crippen molar-refractivity contribution in [1.82, 2.24) is 0 Å². The Labute approximate surface area is 240 Å². The van der Waals surface area contributed by atoms with Crippen LogP contribution in [0, 0.1) is 0 Å². The summed E-state index contributed by atoms with van der Waals surface area (Å²) in [5.74, 6) is 0.651. The molecular weight excluding hydrogens is 568 g/mol. The van der Waals surface area contributed by atoms with E-state index < -0.39 is 6.04 Å². The fourth-order valence-corrected chi connectivity index (χ4v) is 5.59. The van der Waals surface area contributed by atoms with Crippen LogP contribution in [0.15, 0.2) is 124 Å². The van der Waals surface area contributed by atoms with Crippen LogP contribution in [0.2, 0.25) is 0 Å². The van der Waals surface area contributed by atoms with Crippen molar-refractivity contribution < 1.29 is 19.1 Å². The predicted molar refractivity (Wildman–Crippen MR) is 159 cm³/mol. The molecule has 0 aromatic heterocycles. The molecule has 2 aliphatic heterocycles. The Kier molecular flexibility index (Phi) is 6.74. The first-order valence-corrected chi connectivity index (χ1v) is 13.5. The Hall–Kier alpha value is -4.62. The zero-order chi connectivity index (χ0) is 27.8. The van der Waals surface area contributed by atoms with Crippen LogP contribution in [0.3, 0.4) is 0 Å². The number of carbonyl (C=O) groups excluding carboxylic acids is 2.